The summed E-state index contributed by atoms with van der Waals surface area (Å²) in [6, 6.07) is 25.0. The van der Waals surface area contributed by atoms with Gasteiger partial charge in [-0.15, -0.1) is 0 Å². The van der Waals surface area contributed by atoms with Crippen LogP contribution in [-0.4, -0.2) is 62.9 Å². The molecule has 1 heterocycles. The van der Waals surface area contributed by atoms with Gasteiger partial charge in [-0.05, 0) is 43.2 Å². The lowest BCUT2D eigenvalue weighted by atomic mass is 9.96. The number of ether oxygens (including phenoxy) is 1. The predicted octanol–water partition coefficient (Wildman–Crippen LogP) is 3.93. The van der Waals surface area contributed by atoms with E-state index in [9.17, 15) is 13.2 Å². The molecule has 3 aromatic carbocycles. The fourth-order valence-corrected chi connectivity index (χ4v) is 6.05. The molecule has 1 aliphatic heterocycles. The molecule has 0 aromatic heterocycles. The van der Waals surface area contributed by atoms with Gasteiger partial charge in [0.05, 0.1) is 23.6 Å². The van der Waals surface area contributed by atoms with E-state index in [1.54, 1.807) is 6.07 Å². The summed E-state index contributed by atoms with van der Waals surface area (Å²) in [5.74, 6) is -0.0252. The standard InChI is InChI=1S/C28H33N3O4S/c1-21(2)29-28(32)25-20-24(14-15-26(25)35-3)36(33,34)31-18-16-30(17-19-31)27(22-10-6-4-7-11-22)23-12-8-5-9-13-23/h4-15,20-21,27H,16-19H2,1-3H3,(H,29,32). The minimum absolute atomic E-state index is 0.0459. The average Bonchev–Trinajstić information content (AvgIpc) is 2.89. The van der Waals surface area contributed by atoms with E-state index in [1.807, 2.05) is 50.2 Å². The number of rotatable bonds is 8. The number of hydrogen-bond acceptors (Lipinski definition) is 5. The molecular weight excluding hydrogens is 474 g/mol. The van der Waals surface area contributed by atoms with Crippen LogP contribution in [0.4, 0.5) is 0 Å². The van der Waals surface area contributed by atoms with Gasteiger partial charge in [0.15, 0.2) is 0 Å². The number of methoxy groups -OCH3 is 1. The van der Waals surface area contributed by atoms with Gasteiger partial charge in [-0.1, -0.05) is 60.7 Å². The first-order chi connectivity index (χ1) is 17.3. The maximum Gasteiger partial charge on any atom is 0.255 e. The molecule has 0 radical (unpaired) electrons. The maximum absolute atomic E-state index is 13.5. The van der Waals surface area contributed by atoms with Crippen molar-refractivity contribution in [2.75, 3.05) is 33.3 Å². The first kappa shape index (κ1) is 25.9. The summed E-state index contributed by atoms with van der Waals surface area (Å²) in [5, 5.41) is 2.81. The number of carbonyl (C=O) groups excluding carboxylic acids is 1. The molecule has 0 saturated carbocycles. The van der Waals surface area contributed by atoms with E-state index in [0.717, 1.165) is 0 Å². The van der Waals surface area contributed by atoms with Crippen LogP contribution in [0, 0.1) is 0 Å². The lowest BCUT2D eigenvalue weighted by Crippen LogP contribution is -2.49. The maximum atomic E-state index is 13.5. The van der Waals surface area contributed by atoms with E-state index < -0.39 is 10.0 Å². The Morgan fingerprint density at radius 1 is 0.861 bits per heavy atom. The van der Waals surface area contributed by atoms with Gasteiger partial charge in [0.1, 0.15) is 5.75 Å². The highest BCUT2D eigenvalue weighted by molar-refractivity contribution is 7.89. The lowest BCUT2D eigenvalue weighted by molar-refractivity contribution is 0.0940. The van der Waals surface area contributed by atoms with E-state index in [0.29, 0.717) is 31.9 Å². The number of hydrogen-bond donors (Lipinski definition) is 1. The number of benzene rings is 3. The quantitative estimate of drug-likeness (QED) is 0.500. The van der Waals surface area contributed by atoms with Crippen LogP contribution in [-0.2, 0) is 10.0 Å². The van der Waals surface area contributed by atoms with Crippen LogP contribution in [0.25, 0.3) is 0 Å². The first-order valence-electron chi connectivity index (χ1n) is 12.1. The van der Waals surface area contributed by atoms with E-state index in [-0.39, 0.29) is 28.4 Å². The Balaban J connectivity index is 1.55. The number of nitrogens with one attached hydrogen (secondary N) is 1. The summed E-state index contributed by atoms with van der Waals surface area (Å²) >= 11 is 0. The molecule has 4 rings (SSSR count). The second-order valence-corrected chi connectivity index (χ2v) is 11.1. The molecule has 0 atom stereocenters. The highest BCUT2D eigenvalue weighted by Gasteiger charge is 2.33. The molecule has 7 nitrogen and oxygen atoms in total. The molecule has 1 saturated heterocycles. The van der Waals surface area contributed by atoms with Crippen molar-refractivity contribution in [1.82, 2.24) is 14.5 Å². The van der Waals surface area contributed by atoms with E-state index in [1.165, 1.54) is 34.7 Å². The van der Waals surface area contributed by atoms with Crippen molar-refractivity contribution in [2.24, 2.45) is 0 Å². The van der Waals surface area contributed by atoms with Crippen LogP contribution in [0.3, 0.4) is 0 Å². The SMILES string of the molecule is COc1ccc(S(=O)(=O)N2CCN(C(c3ccccc3)c3ccccc3)CC2)cc1C(=O)NC(C)C. The molecule has 0 unspecified atom stereocenters. The molecule has 190 valence electrons. The monoisotopic (exact) mass is 507 g/mol. The van der Waals surface area contributed by atoms with Gasteiger partial charge >= 0.3 is 0 Å². The highest BCUT2D eigenvalue weighted by atomic mass is 32.2. The van der Waals surface area contributed by atoms with Gasteiger partial charge in [-0.2, -0.15) is 4.31 Å². The van der Waals surface area contributed by atoms with Gasteiger partial charge in [0.2, 0.25) is 10.0 Å². The number of carbonyl (C=O) groups is 1. The second kappa shape index (κ2) is 11.2. The smallest absolute Gasteiger partial charge is 0.255 e. The number of amides is 1. The second-order valence-electron chi connectivity index (χ2n) is 9.15. The van der Waals surface area contributed by atoms with Gasteiger partial charge in [0.25, 0.3) is 5.91 Å². The van der Waals surface area contributed by atoms with Crippen molar-refractivity contribution in [3.05, 3.63) is 95.6 Å². The van der Waals surface area contributed by atoms with Crippen molar-refractivity contribution in [1.29, 1.82) is 0 Å². The molecule has 8 heteroatoms. The van der Waals surface area contributed by atoms with Crippen LogP contribution in [0.15, 0.2) is 83.8 Å². The fraction of sp³-hybridized carbons (Fsp3) is 0.321. The molecule has 36 heavy (non-hydrogen) atoms. The lowest BCUT2D eigenvalue weighted by Gasteiger charge is -2.39. The Bertz CT molecular complexity index is 1230. The van der Waals surface area contributed by atoms with Crippen molar-refractivity contribution in [3.8, 4) is 5.75 Å². The summed E-state index contributed by atoms with van der Waals surface area (Å²) in [7, 11) is -2.32. The molecule has 3 aromatic rings. The fourth-order valence-electron chi connectivity index (χ4n) is 4.60. The van der Waals surface area contributed by atoms with E-state index >= 15 is 0 Å². The zero-order valence-electron chi connectivity index (χ0n) is 20.9. The van der Waals surface area contributed by atoms with Crippen LogP contribution in [0.1, 0.15) is 41.4 Å². The molecule has 1 N–H and O–H groups in total. The summed E-state index contributed by atoms with van der Waals surface area (Å²) < 4.78 is 33.9. The van der Waals surface area contributed by atoms with Crippen molar-refractivity contribution >= 4 is 15.9 Å². The summed E-state index contributed by atoms with van der Waals surface area (Å²) in [5.41, 5.74) is 2.56. The zero-order chi connectivity index (χ0) is 25.7. The Labute approximate surface area is 213 Å². The Morgan fingerprint density at radius 2 is 1.42 bits per heavy atom. The normalized spacial score (nSPS) is 15.2. The van der Waals surface area contributed by atoms with Crippen molar-refractivity contribution < 1.29 is 17.9 Å². The molecule has 0 spiro atoms. The summed E-state index contributed by atoms with van der Waals surface area (Å²) in [4.78, 5) is 15.1. The third kappa shape index (κ3) is 5.61. The van der Waals surface area contributed by atoms with Crippen LogP contribution in [0.2, 0.25) is 0 Å². The number of piperazine rings is 1. The van der Waals surface area contributed by atoms with Crippen LogP contribution < -0.4 is 10.1 Å². The molecule has 1 fully saturated rings. The highest BCUT2D eigenvalue weighted by Crippen LogP contribution is 2.31. The van der Waals surface area contributed by atoms with Gasteiger partial charge in [0, 0.05) is 32.2 Å². The summed E-state index contributed by atoms with van der Waals surface area (Å²) in [6.07, 6.45) is 0. The largest absolute Gasteiger partial charge is 0.496 e. The molecule has 0 bridgehead atoms. The van der Waals surface area contributed by atoms with Crippen molar-refractivity contribution in [3.63, 3.8) is 0 Å². The molecule has 1 aliphatic rings. The van der Waals surface area contributed by atoms with Gasteiger partial charge in [-0.25, -0.2) is 8.42 Å². The minimum Gasteiger partial charge on any atom is -0.496 e. The van der Waals surface area contributed by atoms with Crippen LogP contribution >= 0.6 is 0 Å². The molecular formula is C28H33N3O4S. The Hall–Kier alpha value is -3.20. The van der Waals surface area contributed by atoms with Crippen LogP contribution in [0.5, 0.6) is 5.75 Å². The number of nitrogens with zero attached hydrogens (tertiary/aromatic N) is 2. The van der Waals surface area contributed by atoms with E-state index in [4.69, 9.17) is 4.74 Å². The third-order valence-electron chi connectivity index (χ3n) is 6.34. The first-order valence-corrected chi connectivity index (χ1v) is 13.6. The average molecular weight is 508 g/mol. The van der Waals surface area contributed by atoms with Gasteiger partial charge < -0.3 is 10.1 Å². The minimum atomic E-state index is -3.78. The topological polar surface area (TPSA) is 79.0 Å². The zero-order valence-corrected chi connectivity index (χ0v) is 21.7. The summed E-state index contributed by atoms with van der Waals surface area (Å²) in [6.45, 7) is 5.59. The molecule has 1 amide bonds. The Kier molecular flexibility index (Phi) is 8.08. The third-order valence-corrected chi connectivity index (χ3v) is 8.24. The van der Waals surface area contributed by atoms with E-state index in [2.05, 4.69) is 34.5 Å². The van der Waals surface area contributed by atoms with Gasteiger partial charge in [-0.3, -0.25) is 9.69 Å². The predicted molar refractivity (Wildman–Crippen MR) is 141 cm³/mol. The molecule has 0 aliphatic carbocycles. The van der Waals surface area contributed by atoms with Crippen molar-refractivity contribution in [2.45, 2.75) is 30.8 Å². The Morgan fingerprint density at radius 3 is 1.92 bits per heavy atom. The number of sulfonamides is 1.